The Morgan fingerprint density at radius 3 is 2.76 bits per heavy atom. The monoisotopic (exact) mass is 246 g/mol. The Morgan fingerprint density at radius 1 is 1.41 bits per heavy atom. The summed E-state index contributed by atoms with van der Waals surface area (Å²) in [6, 6.07) is 9.51. The normalized spacial score (nSPS) is 12.4. The molecule has 0 saturated heterocycles. The molecule has 1 atom stereocenters. The minimum Gasteiger partial charge on any atom is -0.322 e. The maximum absolute atomic E-state index is 11.5. The number of nitrogens with two attached hydrogens (primary N) is 1. The molecule has 1 aromatic carbocycles. The van der Waals surface area contributed by atoms with E-state index in [1.807, 2.05) is 35.7 Å². The molecule has 0 fully saturated rings. The van der Waals surface area contributed by atoms with Crippen molar-refractivity contribution in [2.24, 2.45) is 5.73 Å². The molecule has 0 unspecified atom stereocenters. The SMILES string of the molecule is C[C@H](N)C(=O)Cc1nc(-c2ccccc2)cs1. The zero-order chi connectivity index (χ0) is 12.3. The number of hydrogen-bond donors (Lipinski definition) is 1. The summed E-state index contributed by atoms with van der Waals surface area (Å²) < 4.78 is 0. The van der Waals surface area contributed by atoms with E-state index >= 15 is 0 Å². The zero-order valence-electron chi connectivity index (χ0n) is 9.59. The summed E-state index contributed by atoms with van der Waals surface area (Å²) in [5, 5.41) is 2.80. The molecule has 1 heterocycles. The van der Waals surface area contributed by atoms with Crippen molar-refractivity contribution in [2.75, 3.05) is 0 Å². The van der Waals surface area contributed by atoms with Gasteiger partial charge in [-0.3, -0.25) is 4.79 Å². The first-order valence-corrected chi connectivity index (χ1v) is 6.33. The average molecular weight is 246 g/mol. The number of thiazole rings is 1. The smallest absolute Gasteiger partial charge is 0.156 e. The predicted molar refractivity (Wildman–Crippen MR) is 69.9 cm³/mol. The predicted octanol–water partition coefficient (Wildman–Crippen LogP) is 2.27. The van der Waals surface area contributed by atoms with E-state index in [4.69, 9.17) is 5.73 Å². The van der Waals surface area contributed by atoms with Crippen molar-refractivity contribution >= 4 is 17.1 Å². The van der Waals surface area contributed by atoms with Gasteiger partial charge in [-0.05, 0) is 6.92 Å². The van der Waals surface area contributed by atoms with Gasteiger partial charge in [-0.2, -0.15) is 0 Å². The van der Waals surface area contributed by atoms with Crippen molar-refractivity contribution in [3.05, 3.63) is 40.7 Å². The second kappa shape index (κ2) is 5.21. The first-order valence-electron chi connectivity index (χ1n) is 5.45. The van der Waals surface area contributed by atoms with Crippen molar-refractivity contribution < 1.29 is 4.79 Å². The lowest BCUT2D eigenvalue weighted by atomic mass is 10.1. The maximum atomic E-state index is 11.5. The summed E-state index contributed by atoms with van der Waals surface area (Å²) in [5.41, 5.74) is 7.52. The third-order valence-corrected chi connectivity index (χ3v) is 3.30. The molecular formula is C13H14N2OS. The van der Waals surface area contributed by atoms with E-state index in [0.29, 0.717) is 6.42 Å². The highest BCUT2D eigenvalue weighted by Crippen LogP contribution is 2.21. The third kappa shape index (κ3) is 2.99. The van der Waals surface area contributed by atoms with Gasteiger partial charge in [0.1, 0.15) is 5.01 Å². The first kappa shape index (κ1) is 12.0. The van der Waals surface area contributed by atoms with E-state index < -0.39 is 6.04 Å². The Balaban J connectivity index is 2.14. The van der Waals surface area contributed by atoms with Crippen molar-refractivity contribution in [1.82, 2.24) is 4.98 Å². The molecule has 0 aliphatic carbocycles. The van der Waals surface area contributed by atoms with E-state index in [-0.39, 0.29) is 5.78 Å². The van der Waals surface area contributed by atoms with Gasteiger partial charge in [0.2, 0.25) is 0 Å². The van der Waals surface area contributed by atoms with Crippen molar-refractivity contribution in [3.63, 3.8) is 0 Å². The quantitative estimate of drug-likeness (QED) is 0.900. The Labute approximate surface area is 104 Å². The first-order chi connectivity index (χ1) is 8.16. The molecule has 0 saturated carbocycles. The topological polar surface area (TPSA) is 56.0 Å². The Morgan fingerprint density at radius 2 is 2.12 bits per heavy atom. The summed E-state index contributed by atoms with van der Waals surface area (Å²) in [6.07, 6.45) is 0.329. The second-order valence-electron chi connectivity index (χ2n) is 3.92. The number of nitrogens with zero attached hydrogens (tertiary/aromatic N) is 1. The number of aromatic nitrogens is 1. The van der Waals surface area contributed by atoms with Crippen molar-refractivity contribution in [1.29, 1.82) is 0 Å². The Kier molecular flexibility index (Phi) is 3.66. The van der Waals surface area contributed by atoms with E-state index in [1.54, 1.807) is 6.92 Å². The number of ketones is 1. The fraction of sp³-hybridized carbons (Fsp3) is 0.231. The van der Waals surface area contributed by atoms with Crippen LogP contribution in [0.15, 0.2) is 35.7 Å². The molecule has 3 nitrogen and oxygen atoms in total. The standard InChI is InChI=1S/C13H14N2OS/c1-9(14)12(16)7-13-15-11(8-17-13)10-5-3-2-4-6-10/h2-6,8-9H,7,14H2,1H3/t9-/m0/s1. The van der Waals surface area contributed by atoms with Crippen LogP contribution in [0.1, 0.15) is 11.9 Å². The number of carbonyl (C=O) groups is 1. The highest BCUT2D eigenvalue weighted by Gasteiger charge is 2.12. The van der Waals surface area contributed by atoms with Crippen LogP contribution in [0.4, 0.5) is 0 Å². The molecule has 0 radical (unpaired) electrons. The summed E-state index contributed by atoms with van der Waals surface area (Å²) in [7, 11) is 0. The number of benzene rings is 1. The molecule has 0 aliphatic rings. The van der Waals surface area contributed by atoms with Gasteiger partial charge in [0.15, 0.2) is 5.78 Å². The Bertz CT molecular complexity index is 505. The molecule has 4 heteroatoms. The fourth-order valence-corrected chi connectivity index (χ4v) is 2.26. The summed E-state index contributed by atoms with van der Waals surface area (Å²) >= 11 is 1.50. The molecule has 88 valence electrons. The molecule has 0 aliphatic heterocycles. The zero-order valence-corrected chi connectivity index (χ0v) is 10.4. The molecule has 17 heavy (non-hydrogen) atoms. The van der Waals surface area contributed by atoms with Gasteiger partial charge in [-0.15, -0.1) is 11.3 Å². The van der Waals surface area contributed by atoms with Crippen LogP contribution in [0.3, 0.4) is 0 Å². The molecule has 0 spiro atoms. The third-order valence-electron chi connectivity index (χ3n) is 2.45. The highest BCUT2D eigenvalue weighted by atomic mass is 32.1. The van der Waals surface area contributed by atoms with Crippen LogP contribution in [0, 0.1) is 0 Å². The van der Waals surface area contributed by atoms with Gasteiger partial charge in [-0.1, -0.05) is 30.3 Å². The molecule has 2 aromatic rings. The lowest BCUT2D eigenvalue weighted by Gasteiger charge is -2.00. The lowest BCUT2D eigenvalue weighted by molar-refractivity contribution is -0.119. The largest absolute Gasteiger partial charge is 0.322 e. The van der Waals surface area contributed by atoms with Crippen LogP contribution in [0.25, 0.3) is 11.3 Å². The number of rotatable bonds is 4. The number of carbonyl (C=O) groups excluding carboxylic acids is 1. The highest BCUT2D eigenvalue weighted by molar-refractivity contribution is 7.10. The molecule has 1 aromatic heterocycles. The van der Waals surface area contributed by atoms with E-state index in [1.165, 1.54) is 11.3 Å². The van der Waals surface area contributed by atoms with E-state index in [9.17, 15) is 4.79 Å². The van der Waals surface area contributed by atoms with Crippen LogP contribution < -0.4 is 5.73 Å². The summed E-state index contributed by atoms with van der Waals surface area (Å²) in [4.78, 5) is 15.9. The second-order valence-corrected chi connectivity index (χ2v) is 4.87. The molecule has 2 rings (SSSR count). The Hall–Kier alpha value is -1.52. The molecule has 0 amide bonds. The van der Waals surface area contributed by atoms with Crippen LogP contribution in [0.5, 0.6) is 0 Å². The summed E-state index contributed by atoms with van der Waals surface area (Å²) in [6.45, 7) is 1.70. The minimum atomic E-state index is -0.418. The summed E-state index contributed by atoms with van der Waals surface area (Å²) in [5.74, 6) is 0.0268. The van der Waals surface area contributed by atoms with Gasteiger partial charge in [0, 0.05) is 10.9 Å². The molecule has 2 N–H and O–H groups in total. The van der Waals surface area contributed by atoms with E-state index in [2.05, 4.69) is 4.98 Å². The van der Waals surface area contributed by atoms with Gasteiger partial charge < -0.3 is 5.73 Å². The van der Waals surface area contributed by atoms with Crippen LogP contribution in [-0.4, -0.2) is 16.8 Å². The van der Waals surface area contributed by atoms with E-state index in [0.717, 1.165) is 16.3 Å². The number of Topliss-reactive ketones (excluding diaryl/α,β-unsaturated/α-hetero) is 1. The van der Waals surface area contributed by atoms with Crippen molar-refractivity contribution in [3.8, 4) is 11.3 Å². The van der Waals surface area contributed by atoms with Crippen molar-refractivity contribution in [2.45, 2.75) is 19.4 Å². The fourth-order valence-electron chi connectivity index (χ4n) is 1.44. The number of hydrogen-bond acceptors (Lipinski definition) is 4. The average Bonchev–Trinajstić information content (AvgIpc) is 2.78. The van der Waals surface area contributed by atoms with Crippen LogP contribution >= 0.6 is 11.3 Å². The van der Waals surface area contributed by atoms with Gasteiger partial charge in [-0.25, -0.2) is 4.98 Å². The molecule has 0 bridgehead atoms. The van der Waals surface area contributed by atoms with Gasteiger partial charge in [0.05, 0.1) is 18.2 Å². The van der Waals surface area contributed by atoms with Gasteiger partial charge in [0.25, 0.3) is 0 Å². The van der Waals surface area contributed by atoms with Gasteiger partial charge >= 0.3 is 0 Å². The minimum absolute atomic E-state index is 0.0268. The lowest BCUT2D eigenvalue weighted by Crippen LogP contribution is -2.28. The van der Waals surface area contributed by atoms with Crippen LogP contribution in [0.2, 0.25) is 0 Å². The maximum Gasteiger partial charge on any atom is 0.156 e. The van der Waals surface area contributed by atoms with Crippen LogP contribution in [-0.2, 0) is 11.2 Å². The molecular weight excluding hydrogens is 232 g/mol.